The van der Waals surface area contributed by atoms with Crippen molar-refractivity contribution in [2.24, 2.45) is 13.0 Å². The number of halogens is 1. The number of aryl methyl sites for hydroxylation is 1. The maximum atomic E-state index is 12.5. The van der Waals surface area contributed by atoms with Crippen LogP contribution in [0.3, 0.4) is 0 Å². The third-order valence-electron chi connectivity index (χ3n) is 4.78. The smallest absolute Gasteiger partial charge is 0.413 e. The number of carbonyl (C=O) groups is 2. The first kappa shape index (κ1) is 20.7. The van der Waals surface area contributed by atoms with Gasteiger partial charge in [0.1, 0.15) is 11.3 Å². The lowest BCUT2D eigenvalue weighted by Crippen LogP contribution is -2.18. The van der Waals surface area contributed by atoms with E-state index in [0.29, 0.717) is 28.5 Å². The van der Waals surface area contributed by atoms with E-state index in [-0.39, 0.29) is 17.0 Å². The molecule has 3 aromatic heterocycles. The van der Waals surface area contributed by atoms with Crippen LogP contribution in [0.4, 0.5) is 16.3 Å². The van der Waals surface area contributed by atoms with Crippen LogP contribution in [0.2, 0.25) is 5.15 Å². The van der Waals surface area contributed by atoms with Crippen molar-refractivity contribution in [1.82, 2.24) is 25.0 Å². The monoisotopic (exact) mass is 441 g/mol. The van der Waals surface area contributed by atoms with E-state index in [9.17, 15) is 9.59 Å². The van der Waals surface area contributed by atoms with Crippen molar-refractivity contribution in [3.05, 3.63) is 47.4 Å². The molecule has 1 atom stereocenters. The number of aromatic nitrogens is 5. The first-order valence-corrected chi connectivity index (χ1v) is 10.0. The van der Waals surface area contributed by atoms with Crippen LogP contribution in [-0.4, -0.2) is 37.0 Å². The highest BCUT2D eigenvalue weighted by atomic mass is 35.5. The molecule has 0 aromatic carbocycles. The summed E-state index contributed by atoms with van der Waals surface area (Å²) in [7, 11) is 1.64. The summed E-state index contributed by atoms with van der Waals surface area (Å²) >= 11 is 6.06. The molecule has 0 saturated heterocycles. The summed E-state index contributed by atoms with van der Waals surface area (Å²) in [6.07, 6.45) is 3.63. The van der Waals surface area contributed by atoms with Gasteiger partial charge in [0.15, 0.2) is 11.5 Å². The minimum absolute atomic E-state index is 0.00185. The predicted molar refractivity (Wildman–Crippen MR) is 113 cm³/mol. The lowest BCUT2D eigenvalue weighted by Gasteiger charge is -2.15. The molecule has 2 N–H and O–H groups in total. The van der Waals surface area contributed by atoms with Crippen LogP contribution in [0, 0.1) is 5.92 Å². The Hall–Kier alpha value is -3.53. The van der Waals surface area contributed by atoms with Gasteiger partial charge in [0.25, 0.3) is 0 Å². The van der Waals surface area contributed by atoms with Crippen molar-refractivity contribution < 1.29 is 14.3 Å². The number of hydrogen-bond donors (Lipinski definition) is 2. The molecule has 31 heavy (non-hydrogen) atoms. The van der Waals surface area contributed by atoms with E-state index >= 15 is 0 Å². The zero-order valence-electron chi connectivity index (χ0n) is 16.9. The van der Waals surface area contributed by atoms with E-state index in [1.807, 2.05) is 0 Å². The zero-order valence-corrected chi connectivity index (χ0v) is 17.6. The average molecular weight is 442 g/mol. The molecule has 0 spiro atoms. The minimum Gasteiger partial charge on any atom is -0.441 e. The molecule has 4 rings (SSSR count). The van der Waals surface area contributed by atoms with E-state index in [4.69, 9.17) is 16.3 Å². The van der Waals surface area contributed by atoms with Gasteiger partial charge in [0, 0.05) is 24.7 Å². The number of nitrogens with zero attached hydrogens (tertiary/aromatic N) is 5. The number of ether oxygens (including phenoxy) is 1. The number of nitrogens with one attached hydrogen (secondary N) is 2. The van der Waals surface area contributed by atoms with Crippen LogP contribution in [0.25, 0.3) is 11.4 Å². The van der Waals surface area contributed by atoms with Gasteiger partial charge in [0.2, 0.25) is 5.91 Å². The van der Waals surface area contributed by atoms with Crippen LogP contribution in [-0.2, 0) is 16.6 Å². The van der Waals surface area contributed by atoms with E-state index in [2.05, 4.69) is 30.9 Å². The van der Waals surface area contributed by atoms with Crippen molar-refractivity contribution in [1.29, 1.82) is 0 Å². The van der Waals surface area contributed by atoms with E-state index in [1.54, 1.807) is 50.6 Å². The highest BCUT2D eigenvalue weighted by molar-refractivity contribution is 6.30. The quantitative estimate of drug-likeness (QED) is 0.560. The van der Waals surface area contributed by atoms with Gasteiger partial charge in [-0.2, -0.15) is 0 Å². The first-order chi connectivity index (χ1) is 14.9. The fourth-order valence-electron chi connectivity index (χ4n) is 2.92. The highest BCUT2D eigenvalue weighted by Crippen LogP contribution is 2.31. The molecular formula is C20H20ClN7O3. The predicted octanol–water partition coefficient (Wildman–Crippen LogP) is 3.58. The third kappa shape index (κ3) is 4.80. The second-order valence-corrected chi connectivity index (χ2v) is 7.52. The molecule has 3 heterocycles. The Balaban J connectivity index is 1.45. The number of amides is 2. The Kier molecular flexibility index (Phi) is 5.81. The molecule has 1 fully saturated rings. The summed E-state index contributed by atoms with van der Waals surface area (Å²) in [4.78, 5) is 32.7. The van der Waals surface area contributed by atoms with E-state index in [0.717, 1.165) is 12.8 Å². The maximum Gasteiger partial charge on any atom is 0.413 e. The van der Waals surface area contributed by atoms with Crippen LogP contribution in [0.5, 0.6) is 0 Å². The third-order valence-corrected chi connectivity index (χ3v) is 5.09. The summed E-state index contributed by atoms with van der Waals surface area (Å²) in [5, 5.41) is 13.8. The van der Waals surface area contributed by atoms with Gasteiger partial charge in [-0.1, -0.05) is 22.9 Å². The molecule has 2 amide bonds. The number of pyridine rings is 2. The second kappa shape index (κ2) is 8.68. The lowest BCUT2D eigenvalue weighted by atomic mass is 10.2. The minimum atomic E-state index is -0.701. The molecule has 0 unspecified atom stereocenters. The summed E-state index contributed by atoms with van der Waals surface area (Å²) in [5.74, 6) is 0.421. The molecule has 1 saturated carbocycles. The number of rotatable bonds is 6. The van der Waals surface area contributed by atoms with Crippen LogP contribution in [0.15, 0.2) is 36.7 Å². The van der Waals surface area contributed by atoms with Crippen LogP contribution < -0.4 is 10.6 Å². The van der Waals surface area contributed by atoms with Gasteiger partial charge in [0.05, 0.1) is 17.6 Å². The summed E-state index contributed by atoms with van der Waals surface area (Å²) in [5.41, 5.74) is 2.04. The summed E-state index contributed by atoms with van der Waals surface area (Å²) in [6.45, 7) is 1.70. The van der Waals surface area contributed by atoms with Gasteiger partial charge in [-0.3, -0.25) is 15.1 Å². The van der Waals surface area contributed by atoms with Crippen LogP contribution >= 0.6 is 11.6 Å². The SMILES string of the molecule is C[C@@H](OC(=O)Nc1c(-c2ccc(NC(=O)C3CC3)cn2)nnn1C)c1cccnc1Cl. The van der Waals surface area contributed by atoms with Gasteiger partial charge in [-0.15, -0.1) is 5.10 Å². The Morgan fingerprint density at radius 2 is 2.03 bits per heavy atom. The van der Waals surface area contributed by atoms with Crippen molar-refractivity contribution in [3.63, 3.8) is 0 Å². The Bertz CT molecular complexity index is 1110. The zero-order chi connectivity index (χ0) is 22.0. The molecule has 3 aromatic rings. The van der Waals surface area contributed by atoms with Crippen LogP contribution in [0.1, 0.15) is 31.4 Å². The normalized spacial score (nSPS) is 14.0. The molecule has 11 heteroatoms. The van der Waals surface area contributed by atoms with Crippen molar-refractivity contribution in [2.45, 2.75) is 25.9 Å². The van der Waals surface area contributed by atoms with Crippen molar-refractivity contribution in [2.75, 3.05) is 10.6 Å². The number of carbonyl (C=O) groups excluding carboxylic acids is 2. The highest BCUT2D eigenvalue weighted by Gasteiger charge is 2.29. The van der Waals surface area contributed by atoms with Crippen molar-refractivity contribution in [3.8, 4) is 11.4 Å². The number of anilines is 2. The van der Waals surface area contributed by atoms with E-state index in [1.165, 1.54) is 4.68 Å². The van der Waals surface area contributed by atoms with Gasteiger partial charge >= 0.3 is 6.09 Å². The lowest BCUT2D eigenvalue weighted by molar-refractivity contribution is -0.117. The molecule has 0 bridgehead atoms. The molecule has 1 aliphatic carbocycles. The topological polar surface area (TPSA) is 124 Å². The molecular weight excluding hydrogens is 422 g/mol. The average Bonchev–Trinajstić information content (AvgIpc) is 3.54. The largest absolute Gasteiger partial charge is 0.441 e. The fraction of sp³-hybridized carbons (Fsp3) is 0.300. The summed E-state index contributed by atoms with van der Waals surface area (Å²) < 4.78 is 6.82. The Morgan fingerprint density at radius 1 is 1.23 bits per heavy atom. The van der Waals surface area contributed by atoms with Gasteiger partial charge in [-0.05, 0) is 38.0 Å². The molecule has 160 valence electrons. The maximum absolute atomic E-state index is 12.5. The van der Waals surface area contributed by atoms with Gasteiger partial charge in [-0.25, -0.2) is 14.5 Å². The Morgan fingerprint density at radius 3 is 2.71 bits per heavy atom. The molecule has 0 aliphatic heterocycles. The number of hydrogen-bond acceptors (Lipinski definition) is 7. The summed E-state index contributed by atoms with van der Waals surface area (Å²) in [6, 6.07) is 6.87. The first-order valence-electron chi connectivity index (χ1n) is 9.67. The second-order valence-electron chi connectivity index (χ2n) is 7.16. The molecule has 1 aliphatic rings. The van der Waals surface area contributed by atoms with Gasteiger partial charge < -0.3 is 10.1 Å². The standard InChI is InChI=1S/C20H20ClN7O3/c1-11(14-4-3-9-22-17(14)21)31-20(30)25-18-16(26-27-28(18)2)15-8-7-13(10-23-15)24-19(29)12-5-6-12/h3-4,7-12H,5-6H2,1-2H3,(H,24,29)(H,25,30)/t11-/m1/s1. The van der Waals surface area contributed by atoms with E-state index < -0.39 is 12.2 Å². The fourth-order valence-corrected chi connectivity index (χ4v) is 3.19. The van der Waals surface area contributed by atoms with Crippen molar-refractivity contribution >= 4 is 35.1 Å². The molecule has 10 nitrogen and oxygen atoms in total. The molecule has 0 radical (unpaired) electrons. The Labute approximate surface area is 183 Å².